The Morgan fingerprint density at radius 2 is 1.78 bits per heavy atom. The van der Waals surface area contributed by atoms with Gasteiger partial charge >= 0.3 is 5.97 Å². The van der Waals surface area contributed by atoms with Gasteiger partial charge in [0, 0.05) is 12.0 Å². The molecule has 0 spiro atoms. The average molecular weight is 364 g/mol. The maximum atomic E-state index is 12.1. The van der Waals surface area contributed by atoms with Crippen molar-refractivity contribution in [3.8, 4) is 6.07 Å². The van der Waals surface area contributed by atoms with Gasteiger partial charge < -0.3 is 10.1 Å². The minimum atomic E-state index is -0.629. The van der Waals surface area contributed by atoms with E-state index in [1.807, 2.05) is 26.0 Å². The molecule has 0 unspecified atom stereocenters. The number of Topliss-reactive ketones (excluding diaryl/α,β-unsaturated/α-hetero) is 1. The zero-order valence-corrected chi connectivity index (χ0v) is 15.2. The predicted molar refractivity (Wildman–Crippen MR) is 100 cm³/mol. The lowest BCUT2D eigenvalue weighted by molar-refractivity contribution is -0.147. The van der Waals surface area contributed by atoms with Gasteiger partial charge in [0.25, 0.3) is 5.91 Å². The number of aryl methyl sites for hydroxylation is 2. The van der Waals surface area contributed by atoms with E-state index in [0.29, 0.717) is 16.8 Å². The van der Waals surface area contributed by atoms with Crippen molar-refractivity contribution in [1.82, 2.24) is 0 Å². The molecule has 0 atom stereocenters. The van der Waals surface area contributed by atoms with Crippen molar-refractivity contribution in [3.05, 3.63) is 64.7 Å². The van der Waals surface area contributed by atoms with E-state index in [0.717, 1.165) is 11.1 Å². The quantitative estimate of drug-likeness (QED) is 0.600. The third kappa shape index (κ3) is 5.79. The van der Waals surface area contributed by atoms with Crippen LogP contribution in [-0.2, 0) is 14.3 Å². The molecule has 0 aromatic heterocycles. The lowest BCUT2D eigenvalue weighted by Gasteiger charge is -2.08. The number of carbonyl (C=O) groups excluding carboxylic acids is 3. The van der Waals surface area contributed by atoms with E-state index in [4.69, 9.17) is 10.00 Å². The highest BCUT2D eigenvalue weighted by molar-refractivity contribution is 5.98. The number of amides is 1. The Kier molecular flexibility index (Phi) is 6.84. The average Bonchev–Trinajstić information content (AvgIpc) is 2.67. The molecule has 138 valence electrons. The van der Waals surface area contributed by atoms with Gasteiger partial charge in [-0.05, 0) is 43.2 Å². The number of nitriles is 1. The molecule has 0 aliphatic carbocycles. The molecule has 1 amide bonds. The number of ketones is 1. The van der Waals surface area contributed by atoms with Crippen LogP contribution in [0.5, 0.6) is 0 Å². The normalized spacial score (nSPS) is 9.96. The SMILES string of the molecule is Cc1ccc(C(=O)CCC(=O)OCC(=O)Nc2ccccc2C#N)cc1C. The van der Waals surface area contributed by atoms with Crippen LogP contribution >= 0.6 is 0 Å². The number of para-hydroxylation sites is 1. The van der Waals surface area contributed by atoms with E-state index in [1.165, 1.54) is 0 Å². The number of hydrogen-bond acceptors (Lipinski definition) is 5. The van der Waals surface area contributed by atoms with Crippen LogP contribution in [-0.4, -0.2) is 24.3 Å². The predicted octanol–water partition coefficient (Wildman–Crippen LogP) is 3.32. The number of ether oxygens (including phenoxy) is 1. The summed E-state index contributed by atoms with van der Waals surface area (Å²) in [6, 6.07) is 13.9. The summed E-state index contributed by atoms with van der Waals surface area (Å²) in [7, 11) is 0. The van der Waals surface area contributed by atoms with Gasteiger partial charge in [0.15, 0.2) is 12.4 Å². The van der Waals surface area contributed by atoms with Crippen molar-refractivity contribution in [3.63, 3.8) is 0 Å². The standard InChI is InChI=1S/C21H20N2O4/c1-14-7-8-16(11-15(14)2)19(24)9-10-21(26)27-13-20(25)23-18-6-4-3-5-17(18)12-22/h3-8,11H,9-10,13H2,1-2H3,(H,23,25). The van der Waals surface area contributed by atoms with Crippen LogP contribution in [0.3, 0.4) is 0 Å². The number of esters is 1. The highest BCUT2D eigenvalue weighted by Gasteiger charge is 2.13. The van der Waals surface area contributed by atoms with E-state index >= 15 is 0 Å². The minimum Gasteiger partial charge on any atom is -0.456 e. The van der Waals surface area contributed by atoms with Crippen LogP contribution in [0.2, 0.25) is 0 Å². The van der Waals surface area contributed by atoms with Gasteiger partial charge in [0.1, 0.15) is 6.07 Å². The van der Waals surface area contributed by atoms with Crippen molar-refractivity contribution in [2.45, 2.75) is 26.7 Å². The molecule has 0 aliphatic rings. The molecule has 0 heterocycles. The van der Waals surface area contributed by atoms with Gasteiger partial charge in [-0.2, -0.15) is 5.26 Å². The van der Waals surface area contributed by atoms with Crippen LogP contribution in [0, 0.1) is 25.2 Å². The van der Waals surface area contributed by atoms with E-state index in [-0.39, 0.29) is 18.6 Å². The number of hydrogen-bond donors (Lipinski definition) is 1. The topological polar surface area (TPSA) is 96.3 Å². The summed E-state index contributed by atoms with van der Waals surface area (Å²) < 4.78 is 4.89. The molecule has 1 N–H and O–H groups in total. The molecular weight excluding hydrogens is 344 g/mol. The number of nitrogens with one attached hydrogen (secondary N) is 1. The molecule has 6 heteroatoms. The molecule has 0 radical (unpaired) electrons. The summed E-state index contributed by atoms with van der Waals surface area (Å²) in [5.41, 5.74) is 3.33. The second-order valence-electron chi connectivity index (χ2n) is 6.09. The van der Waals surface area contributed by atoms with Gasteiger partial charge in [0.2, 0.25) is 0 Å². The highest BCUT2D eigenvalue weighted by Crippen LogP contribution is 2.14. The zero-order valence-electron chi connectivity index (χ0n) is 15.2. The molecule has 0 saturated carbocycles. The molecule has 6 nitrogen and oxygen atoms in total. The molecule has 2 aromatic rings. The monoisotopic (exact) mass is 364 g/mol. The first-order valence-electron chi connectivity index (χ1n) is 8.45. The first-order chi connectivity index (χ1) is 12.9. The van der Waals surface area contributed by atoms with Crippen molar-refractivity contribution in [1.29, 1.82) is 5.26 Å². The van der Waals surface area contributed by atoms with Crippen LogP contribution < -0.4 is 5.32 Å². The Morgan fingerprint density at radius 1 is 1.04 bits per heavy atom. The molecule has 27 heavy (non-hydrogen) atoms. The lowest BCUT2D eigenvalue weighted by Crippen LogP contribution is -2.21. The number of carbonyl (C=O) groups is 3. The summed E-state index contributed by atoms with van der Waals surface area (Å²) in [4.78, 5) is 35.8. The van der Waals surface area contributed by atoms with E-state index in [1.54, 1.807) is 36.4 Å². The molecular formula is C21H20N2O4. The summed E-state index contributed by atoms with van der Waals surface area (Å²) in [6.45, 7) is 3.40. The smallest absolute Gasteiger partial charge is 0.306 e. The third-order valence-corrected chi connectivity index (χ3v) is 4.07. The Balaban J connectivity index is 1.78. The minimum absolute atomic E-state index is 0.0141. The highest BCUT2D eigenvalue weighted by atomic mass is 16.5. The second-order valence-corrected chi connectivity index (χ2v) is 6.09. The van der Waals surface area contributed by atoms with Crippen LogP contribution in [0.15, 0.2) is 42.5 Å². The Morgan fingerprint density at radius 3 is 2.48 bits per heavy atom. The van der Waals surface area contributed by atoms with Gasteiger partial charge in [0.05, 0.1) is 17.7 Å². The van der Waals surface area contributed by atoms with Crippen LogP contribution in [0.25, 0.3) is 0 Å². The molecule has 0 bridgehead atoms. The van der Waals surface area contributed by atoms with E-state index in [9.17, 15) is 14.4 Å². The summed E-state index contributed by atoms with van der Waals surface area (Å²) in [5.74, 6) is -1.33. The molecule has 0 aliphatic heterocycles. The molecule has 0 saturated heterocycles. The van der Waals surface area contributed by atoms with Crippen LogP contribution in [0.1, 0.15) is 39.9 Å². The summed E-state index contributed by atoms with van der Waals surface area (Å²) >= 11 is 0. The van der Waals surface area contributed by atoms with Gasteiger partial charge in [-0.25, -0.2) is 0 Å². The molecule has 2 rings (SSSR count). The zero-order chi connectivity index (χ0) is 19.8. The maximum absolute atomic E-state index is 12.1. The van der Waals surface area contributed by atoms with E-state index in [2.05, 4.69) is 5.32 Å². The van der Waals surface area contributed by atoms with Crippen LogP contribution in [0.4, 0.5) is 5.69 Å². The molecule has 0 fully saturated rings. The first kappa shape index (κ1) is 19.9. The van der Waals surface area contributed by atoms with Gasteiger partial charge in [-0.1, -0.05) is 24.3 Å². The number of rotatable bonds is 7. The number of anilines is 1. The van der Waals surface area contributed by atoms with Gasteiger partial charge in [-0.15, -0.1) is 0 Å². The Hall–Kier alpha value is -3.46. The maximum Gasteiger partial charge on any atom is 0.306 e. The number of nitrogens with zero attached hydrogens (tertiary/aromatic N) is 1. The van der Waals surface area contributed by atoms with Gasteiger partial charge in [-0.3, -0.25) is 14.4 Å². The third-order valence-electron chi connectivity index (χ3n) is 4.07. The number of benzene rings is 2. The summed E-state index contributed by atoms with van der Waals surface area (Å²) in [6.07, 6.45) is -0.0892. The first-order valence-corrected chi connectivity index (χ1v) is 8.45. The second kappa shape index (κ2) is 9.30. The fourth-order valence-electron chi connectivity index (χ4n) is 2.37. The molecule has 2 aromatic carbocycles. The lowest BCUT2D eigenvalue weighted by atomic mass is 10.0. The van der Waals surface area contributed by atoms with Crippen molar-refractivity contribution < 1.29 is 19.1 Å². The Bertz CT molecular complexity index is 913. The fourth-order valence-corrected chi connectivity index (χ4v) is 2.37. The van der Waals surface area contributed by atoms with Crippen molar-refractivity contribution in [2.75, 3.05) is 11.9 Å². The Labute approximate surface area is 157 Å². The van der Waals surface area contributed by atoms with Crippen molar-refractivity contribution in [2.24, 2.45) is 0 Å². The van der Waals surface area contributed by atoms with Crippen molar-refractivity contribution >= 4 is 23.3 Å². The van der Waals surface area contributed by atoms with E-state index < -0.39 is 18.5 Å². The summed E-state index contributed by atoms with van der Waals surface area (Å²) in [5, 5.41) is 11.5. The largest absolute Gasteiger partial charge is 0.456 e. The fraction of sp³-hybridized carbons (Fsp3) is 0.238.